The second-order valence-electron chi connectivity index (χ2n) is 5.01. The second-order valence-corrected chi connectivity index (χ2v) is 5.01. The van der Waals surface area contributed by atoms with Crippen LogP contribution in [0.2, 0.25) is 0 Å². The standard InChI is InChI=1S/C15H17NO4/c1-10(17)12-6-4-11(5-7-12)9-14(18)16-8-2-3-13(16)15(19)20/h4-7,13H,2-3,8-9H2,1H3,(H,19,20)/t13-/m0/s1. The maximum Gasteiger partial charge on any atom is 0.326 e. The highest BCUT2D eigenvalue weighted by Gasteiger charge is 2.33. The molecule has 1 atom stereocenters. The van der Waals surface area contributed by atoms with Gasteiger partial charge in [-0.2, -0.15) is 0 Å². The number of carboxylic acid groups (broad SMARTS) is 1. The molecule has 5 heteroatoms. The number of carbonyl (C=O) groups excluding carboxylic acids is 2. The number of hydrogen-bond acceptors (Lipinski definition) is 3. The summed E-state index contributed by atoms with van der Waals surface area (Å²) in [5.74, 6) is -1.14. The molecule has 2 rings (SSSR count). The Balaban J connectivity index is 2.04. The van der Waals surface area contributed by atoms with Crippen LogP contribution in [0, 0.1) is 0 Å². The van der Waals surface area contributed by atoms with Gasteiger partial charge in [0.05, 0.1) is 6.42 Å². The summed E-state index contributed by atoms with van der Waals surface area (Å²) >= 11 is 0. The first-order valence-corrected chi connectivity index (χ1v) is 6.61. The maximum atomic E-state index is 12.1. The first-order chi connectivity index (χ1) is 9.49. The molecular weight excluding hydrogens is 258 g/mol. The summed E-state index contributed by atoms with van der Waals surface area (Å²) in [6.07, 6.45) is 1.41. The van der Waals surface area contributed by atoms with Crippen molar-refractivity contribution in [2.75, 3.05) is 6.54 Å². The Morgan fingerprint density at radius 2 is 1.90 bits per heavy atom. The van der Waals surface area contributed by atoms with E-state index >= 15 is 0 Å². The Labute approximate surface area is 117 Å². The normalized spacial score (nSPS) is 18.1. The third kappa shape index (κ3) is 3.04. The number of likely N-dealkylation sites (tertiary alicyclic amines) is 1. The molecule has 0 bridgehead atoms. The van der Waals surface area contributed by atoms with E-state index in [9.17, 15) is 14.4 Å². The average Bonchev–Trinajstić information content (AvgIpc) is 2.88. The largest absolute Gasteiger partial charge is 0.480 e. The highest BCUT2D eigenvalue weighted by atomic mass is 16.4. The smallest absolute Gasteiger partial charge is 0.326 e. The molecule has 0 unspecified atom stereocenters. The van der Waals surface area contributed by atoms with Gasteiger partial charge in [0, 0.05) is 12.1 Å². The lowest BCUT2D eigenvalue weighted by molar-refractivity contribution is -0.148. The number of aliphatic carboxylic acids is 1. The van der Waals surface area contributed by atoms with Crippen LogP contribution in [0.15, 0.2) is 24.3 Å². The molecule has 1 aromatic rings. The average molecular weight is 275 g/mol. The van der Waals surface area contributed by atoms with Crippen LogP contribution < -0.4 is 0 Å². The summed E-state index contributed by atoms with van der Waals surface area (Å²) in [6, 6.07) is 6.15. The van der Waals surface area contributed by atoms with Gasteiger partial charge in [-0.3, -0.25) is 9.59 Å². The molecule has 0 radical (unpaired) electrons. The summed E-state index contributed by atoms with van der Waals surface area (Å²) in [7, 11) is 0. The molecular formula is C15H17NO4. The third-order valence-electron chi connectivity index (χ3n) is 3.57. The summed E-state index contributed by atoms with van der Waals surface area (Å²) in [4.78, 5) is 35.8. The van der Waals surface area contributed by atoms with Crippen molar-refractivity contribution in [1.82, 2.24) is 4.90 Å². The van der Waals surface area contributed by atoms with Crippen LogP contribution in [0.25, 0.3) is 0 Å². The zero-order chi connectivity index (χ0) is 14.7. The lowest BCUT2D eigenvalue weighted by Gasteiger charge is -2.21. The van der Waals surface area contributed by atoms with E-state index in [2.05, 4.69) is 0 Å². The first-order valence-electron chi connectivity index (χ1n) is 6.61. The Bertz CT molecular complexity index is 535. The van der Waals surface area contributed by atoms with Gasteiger partial charge in [0.15, 0.2) is 5.78 Å². The minimum atomic E-state index is -0.942. The minimum absolute atomic E-state index is 0.0200. The molecule has 5 nitrogen and oxygen atoms in total. The quantitative estimate of drug-likeness (QED) is 0.845. The van der Waals surface area contributed by atoms with Crippen molar-refractivity contribution in [3.05, 3.63) is 35.4 Å². The fourth-order valence-electron chi connectivity index (χ4n) is 2.46. The number of carbonyl (C=O) groups is 3. The number of hydrogen-bond donors (Lipinski definition) is 1. The monoisotopic (exact) mass is 275 g/mol. The van der Waals surface area contributed by atoms with Crippen LogP contribution in [0.4, 0.5) is 0 Å². The van der Waals surface area contributed by atoms with Crippen LogP contribution >= 0.6 is 0 Å². The van der Waals surface area contributed by atoms with Gasteiger partial charge in [-0.25, -0.2) is 4.79 Å². The van der Waals surface area contributed by atoms with Gasteiger partial charge in [0.1, 0.15) is 6.04 Å². The number of rotatable bonds is 4. The van der Waals surface area contributed by atoms with Gasteiger partial charge < -0.3 is 10.0 Å². The predicted molar refractivity (Wildman–Crippen MR) is 72.5 cm³/mol. The van der Waals surface area contributed by atoms with Crippen molar-refractivity contribution in [2.45, 2.75) is 32.2 Å². The van der Waals surface area contributed by atoms with Crippen LogP contribution in [0.5, 0.6) is 0 Å². The molecule has 0 saturated carbocycles. The van der Waals surface area contributed by atoms with Crippen molar-refractivity contribution in [3.63, 3.8) is 0 Å². The summed E-state index contributed by atoms with van der Waals surface area (Å²) in [5, 5.41) is 9.06. The van der Waals surface area contributed by atoms with Crippen molar-refractivity contribution < 1.29 is 19.5 Å². The van der Waals surface area contributed by atoms with Crippen LogP contribution in [-0.4, -0.2) is 40.3 Å². The number of amides is 1. The zero-order valence-electron chi connectivity index (χ0n) is 11.3. The summed E-state index contributed by atoms with van der Waals surface area (Å²) in [6.45, 7) is 1.99. The molecule has 0 aliphatic carbocycles. The minimum Gasteiger partial charge on any atom is -0.480 e. The van der Waals surface area contributed by atoms with Gasteiger partial charge in [0.25, 0.3) is 0 Å². The molecule has 1 heterocycles. The van der Waals surface area contributed by atoms with Gasteiger partial charge in [-0.15, -0.1) is 0 Å². The highest BCUT2D eigenvalue weighted by Crippen LogP contribution is 2.19. The molecule has 1 N–H and O–H groups in total. The fraction of sp³-hybridized carbons (Fsp3) is 0.400. The topological polar surface area (TPSA) is 74.7 Å². The molecule has 0 spiro atoms. The number of Topliss-reactive ketones (excluding diaryl/α,β-unsaturated/α-hetero) is 1. The molecule has 1 amide bonds. The number of carboxylic acids is 1. The van der Waals surface area contributed by atoms with E-state index in [4.69, 9.17) is 5.11 Å². The Kier molecular flexibility index (Phi) is 4.17. The highest BCUT2D eigenvalue weighted by molar-refractivity contribution is 5.94. The summed E-state index contributed by atoms with van der Waals surface area (Å²) in [5.41, 5.74) is 1.39. The van der Waals surface area contributed by atoms with E-state index < -0.39 is 12.0 Å². The van der Waals surface area contributed by atoms with E-state index in [1.54, 1.807) is 24.3 Å². The maximum absolute atomic E-state index is 12.1. The molecule has 0 aromatic heterocycles. The Hall–Kier alpha value is -2.17. The fourth-order valence-corrected chi connectivity index (χ4v) is 2.46. The van der Waals surface area contributed by atoms with Crippen molar-refractivity contribution in [1.29, 1.82) is 0 Å². The summed E-state index contributed by atoms with van der Waals surface area (Å²) < 4.78 is 0. The molecule has 106 valence electrons. The lowest BCUT2D eigenvalue weighted by atomic mass is 10.1. The SMILES string of the molecule is CC(=O)c1ccc(CC(=O)N2CCC[C@H]2C(=O)O)cc1. The number of nitrogens with zero attached hydrogens (tertiary/aromatic N) is 1. The second kappa shape index (κ2) is 5.86. The van der Waals surface area contributed by atoms with Gasteiger partial charge >= 0.3 is 5.97 Å². The van der Waals surface area contributed by atoms with Crippen molar-refractivity contribution in [3.8, 4) is 0 Å². The van der Waals surface area contributed by atoms with Gasteiger partial charge in [-0.05, 0) is 25.3 Å². The van der Waals surface area contributed by atoms with Gasteiger partial charge in [0.2, 0.25) is 5.91 Å². The first kappa shape index (κ1) is 14.2. The van der Waals surface area contributed by atoms with E-state index in [-0.39, 0.29) is 18.1 Å². The van der Waals surface area contributed by atoms with E-state index in [0.717, 1.165) is 12.0 Å². The van der Waals surface area contributed by atoms with Gasteiger partial charge in [-0.1, -0.05) is 24.3 Å². The molecule has 1 aliphatic heterocycles. The number of benzene rings is 1. The Morgan fingerprint density at radius 1 is 1.25 bits per heavy atom. The van der Waals surface area contributed by atoms with E-state index in [0.29, 0.717) is 18.5 Å². The van der Waals surface area contributed by atoms with E-state index in [1.165, 1.54) is 11.8 Å². The van der Waals surface area contributed by atoms with Crippen LogP contribution in [-0.2, 0) is 16.0 Å². The number of ketones is 1. The van der Waals surface area contributed by atoms with Crippen molar-refractivity contribution >= 4 is 17.7 Å². The van der Waals surface area contributed by atoms with E-state index in [1.807, 2.05) is 0 Å². The third-order valence-corrected chi connectivity index (χ3v) is 3.57. The van der Waals surface area contributed by atoms with Crippen LogP contribution in [0.1, 0.15) is 35.7 Å². The van der Waals surface area contributed by atoms with Crippen LogP contribution in [0.3, 0.4) is 0 Å². The lowest BCUT2D eigenvalue weighted by Crippen LogP contribution is -2.41. The molecule has 20 heavy (non-hydrogen) atoms. The molecule has 1 aromatic carbocycles. The molecule has 1 saturated heterocycles. The predicted octanol–water partition coefficient (Wildman–Crippen LogP) is 1.51. The molecule has 1 fully saturated rings. The Morgan fingerprint density at radius 3 is 2.45 bits per heavy atom. The van der Waals surface area contributed by atoms with Crippen molar-refractivity contribution in [2.24, 2.45) is 0 Å². The zero-order valence-corrected chi connectivity index (χ0v) is 11.3. The molecule has 1 aliphatic rings.